The number of hydrogen-bond acceptors (Lipinski definition) is 5. The predicted octanol–water partition coefficient (Wildman–Crippen LogP) is 2.86. The van der Waals surface area contributed by atoms with Crippen molar-refractivity contribution < 1.29 is 9.21 Å². The monoisotopic (exact) mass is 377 g/mol. The van der Waals surface area contributed by atoms with Gasteiger partial charge in [-0.3, -0.25) is 14.6 Å². The van der Waals surface area contributed by atoms with Gasteiger partial charge in [0.1, 0.15) is 5.58 Å². The van der Waals surface area contributed by atoms with Crippen LogP contribution in [-0.4, -0.2) is 47.9 Å². The standard InChI is InChI=1S/C22H23N3O3/c1-4-14-7-8-17-16(12-14)20(26)18-19(15-6-5-9-23-13-15)25(11-10-24(2)3)22(27)21(18)28-17/h5-9,12-13,19H,4,10-11H2,1-3H3. The molecule has 28 heavy (non-hydrogen) atoms. The highest BCUT2D eigenvalue weighted by Gasteiger charge is 2.42. The zero-order valence-corrected chi connectivity index (χ0v) is 16.3. The second kappa shape index (κ2) is 7.20. The third-order valence-electron chi connectivity index (χ3n) is 5.23. The Kier molecular flexibility index (Phi) is 4.73. The van der Waals surface area contributed by atoms with Gasteiger partial charge in [0.05, 0.1) is 17.0 Å². The molecule has 3 heterocycles. The summed E-state index contributed by atoms with van der Waals surface area (Å²) in [5.74, 6) is -0.0985. The molecular formula is C22H23N3O3. The fourth-order valence-electron chi connectivity index (χ4n) is 3.71. The molecule has 6 heteroatoms. The van der Waals surface area contributed by atoms with Crippen LogP contribution < -0.4 is 5.43 Å². The van der Waals surface area contributed by atoms with Gasteiger partial charge in [-0.05, 0) is 49.8 Å². The summed E-state index contributed by atoms with van der Waals surface area (Å²) in [6, 6.07) is 8.81. The second-order valence-electron chi connectivity index (χ2n) is 7.35. The first-order valence-electron chi connectivity index (χ1n) is 9.46. The van der Waals surface area contributed by atoms with E-state index < -0.39 is 6.04 Å². The molecule has 1 aromatic carbocycles. The van der Waals surface area contributed by atoms with Crippen LogP contribution in [0.3, 0.4) is 0 Å². The second-order valence-corrected chi connectivity index (χ2v) is 7.35. The molecule has 0 fully saturated rings. The number of aryl methyl sites for hydroxylation is 1. The first kappa shape index (κ1) is 18.4. The minimum absolute atomic E-state index is 0.138. The molecule has 0 aliphatic carbocycles. The van der Waals surface area contributed by atoms with Gasteiger partial charge in [0, 0.05) is 25.5 Å². The van der Waals surface area contributed by atoms with Crippen molar-refractivity contribution in [3.8, 4) is 0 Å². The zero-order valence-electron chi connectivity index (χ0n) is 16.3. The van der Waals surface area contributed by atoms with E-state index in [-0.39, 0.29) is 17.1 Å². The normalized spacial score (nSPS) is 16.2. The number of aromatic nitrogens is 1. The van der Waals surface area contributed by atoms with E-state index in [1.54, 1.807) is 23.4 Å². The number of nitrogens with zero attached hydrogens (tertiary/aromatic N) is 3. The number of benzene rings is 1. The Morgan fingerprint density at radius 3 is 2.71 bits per heavy atom. The Labute approximate surface area is 163 Å². The highest BCUT2D eigenvalue weighted by molar-refractivity contribution is 5.99. The molecule has 0 saturated carbocycles. The number of carbonyl (C=O) groups is 1. The average molecular weight is 377 g/mol. The van der Waals surface area contributed by atoms with E-state index in [0.717, 1.165) is 17.5 Å². The summed E-state index contributed by atoms with van der Waals surface area (Å²) in [6.07, 6.45) is 4.22. The first-order valence-corrected chi connectivity index (χ1v) is 9.46. The molecule has 2 aromatic heterocycles. The molecule has 0 spiro atoms. The summed E-state index contributed by atoms with van der Waals surface area (Å²) in [5, 5.41) is 0.522. The summed E-state index contributed by atoms with van der Waals surface area (Å²) in [7, 11) is 3.91. The lowest BCUT2D eigenvalue weighted by Gasteiger charge is -2.26. The van der Waals surface area contributed by atoms with Crippen LogP contribution in [0.25, 0.3) is 11.0 Å². The largest absolute Gasteiger partial charge is 0.450 e. The Morgan fingerprint density at radius 2 is 2.04 bits per heavy atom. The van der Waals surface area contributed by atoms with Gasteiger partial charge in [0.25, 0.3) is 5.91 Å². The summed E-state index contributed by atoms with van der Waals surface area (Å²) in [4.78, 5) is 34.5. The maximum atomic E-state index is 13.4. The fourth-order valence-corrected chi connectivity index (χ4v) is 3.71. The molecule has 3 aromatic rings. The quantitative estimate of drug-likeness (QED) is 0.684. The van der Waals surface area contributed by atoms with Crippen molar-refractivity contribution in [2.45, 2.75) is 19.4 Å². The Hall–Kier alpha value is -2.99. The lowest BCUT2D eigenvalue weighted by Crippen LogP contribution is -2.35. The van der Waals surface area contributed by atoms with Crippen molar-refractivity contribution in [3.05, 3.63) is 75.4 Å². The molecule has 0 radical (unpaired) electrons. The third-order valence-corrected chi connectivity index (χ3v) is 5.23. The van der Waals surface area contributed by atoms with Crippen LogP contribution in [0.4, 0.5) is 0 Å². The molecule has 1 atom stereocenters. The van der Waals surface area contributed by atoms with E-state index in [4.69, 9.17) is 4.42 Å². The zero-order chi connectivity index (χ0) is 19.8. The molecule has 0 saturated heterocycles. The van der Waals surface area contributed by atoms with Crippen molar-refractivity contribution in [2.75, 3.05) is 27.2 Å². The lowest BCUT2D eigenvalue weighted by molar-refractivity contribution is 0.0716. The van der Waals surface area contributed by atoms with Crippen LogP contribution in [0.5, 0.6) is 0 Å². The molecule has 1 aliphatic heterocycles. The van der Waals surface area contributed by atoms with Crippen molar-refractivity contribution in [2.24, 2.45) is 0 Å². The van der Waals surface area contributed by atoms with Gasteiger partial charge in [0.2, 0.25) is 5.76 Å². The van der Waals surface area contributed by atoms with Crippen LogP contribution in [0, 0.1) is 0 Å². The number of fused-ring (bicyclic) bond motifs is 2. The van der Waals surface area contributed by atoms with Crippen molar-refractivity contribution >= 4 is 16.9 Å². The average Bonchev–Trinajstić information content (AvgIpc) is 2.99. The number of likely N-dealkylation sites (N-methyl/N-ethyl adjacent to an activating group) is 1. The predicted molar refractivity (Wildman–Crippen MR) is 108 cm³/mol. The van der Waals surface area contributed by atoms with Crippen molar-refractivity contribution in [1.29, 1.82) is 0 Å². The number of pyridine rings is 1. The molecule has 1 aliphatic rings. The summed E-state index contributed by atoms with van der Waals surface area (Å²) >= 11 is 0. The molecule has 0 bridgehead atoms. The van der Waals surface area contributed by atoms with Crippen LogP contribution in [0.2, 0.25) is 0 Å². The molecule has 1 amide bonds. The highest BCUT2D eigenvalue weighted by atomic mass is 16.3. The van der Waals surface area contributed by atoms with Gasteiger partial charge in [-0.2, -0.15) is 0 Å². The van der Waals surface area contributed by atoms with Crippen molar-refractivity contribution in [1.82, 2.24) is 14.8 Å². The molecule has 6 nitrogen and oxygen atoms in total. The maximum Gasteiger partial charge on any atom is 0.290 e. The van der Waals surface area contributed by atoms with Crippen LogP contribution in [0.1, 0.15) is 40.2 Å². The van der Waals surface area contributed by atoms with E-state index in [1.165, 1.54) is 0 Å². The van der Waals surface area contributed by atoms with Gasteiger partial charge in [-0.25, -0.2) is 0 Å². The van der Waals surface area contributed by atoms with E-state index in [1.807, 2.05) is 50.2 Å². The number of hydrogen-bond donors (Lipinski definition) is 0. The molecular weight excluding hydrogens is 354 g/mol. The van der Waals surface area contributed by atoms with Gasteiger partial charge in [0.15, 0.2) is 5.43 Å². The topological polar surface area (TPSA) is 66.7 Å². The van der Waals surface area contributed by atoms with Crippen molar-refractivity contribution in [3.63, 3.8) is 0 Å². The van der Waals surface area contributed by atoms with E-state index in [0.29, 0.717) is 29.6 Å². The summed E-state index contributed by atoms with van der Waals surface area (Å²) < 4.78 is 5.96. The number of rotatable bonds is 5. The summed E-state index contributed by atoms with van der Waals surface area (Å²) in [5.41, 5.74) is 2.60. The Balaban J connectivity index is 1.94. The van der Waals surface area contributed by atoms with Gasteiger partial charge in [-0.15, -0.1) is 0 Å². The molecule has 4 rings (SSSR count). The third kappa shape index (κ3) is 2.99. The Morgan fingerprint density at radius 1 is 1.21 bits per heavy atom. The van der Waals surface area contributed by atoms with Gasteiger partial charge in [-0.1, -0.05) is 19.1 Å². The van der Waals surface area contributed by atoms with Crippen LogP contribution in [0.15, 0.2) is 51.9 Å². The maximum absolute atomic E-state index is 13.4. The fraction of sp³-hybridized carbons (Fsp3) is 0.318. The lowest BCUT2D eigenvalue weighted by atomic mass is 9.99. The van der Waals surface area contributed by atoms with Gasteiger partial charge < -0.3 is 14.2 Å². The number of carbonyl (C=O) groups excluding carboxylic acids is 1. The van der Waals surface area contributed by atoms with E-state index in [9.17, 15) is 9.59 Å². The first-order chi connectivity index (χ1) is 13.5. The van der Waals surface area contributed by atoms with E-state index in [2.05, 4.69) is 4.98 Å². The Bertz CT molecular complexity index is 1090. The van der Waals surface area contributed by atoms with Crippen LogP contribution in [-0.2, 0) is 6.42 Å². The molecule has 144 valence electrons. The number of amides is 1. The highest BCUT2D eigenvalue weighted by Crippen LogP contribution is 2.37. The summed E-state index contributed by atoms with van der Waals surface area (Å²) in [6.45, 7) is 3.22. The molecule has 1 unspecified atom stereocenters. The van der Waals surface area contributed by atoms with E-state index >= 15 is 0 Å². The minimum atomic E-state index is -0.484. The molecule has 0 N–H and O–H groups in total. The minimum Gasteiger partial charge on any atom is -0.450 e. The van der Waals surface area contributed by atoms with Crippen LogP contribution >= 0.6 is 0 Å². The smallest absolute Gasteiger partial charge is 0.290 e. The van der Waals surface area contributed by atoms with Gasteiger partial charge >= 0.3 is 0 Å². The SMILES string of the molecule is CCc1ccc2oc3c(c(=O)c2c1)C(c1cccnc1)N(CCN(C)C)C3=O.